The van der Waals surface area contributed by atoms with Gasteiger partial charge in [0.25, 0.3) is 5.91 Å². The highest BCUT2D eigenvalue weighted by Gasteiger charge is 2.09. The van der Waals surface area contributed by atoms with Crippen LogP contribution in [-0.2, 0) is 4.79 Å². The summed E-state index contributed by atoms with van der Waals surface area (Å²) in [5.41, 5.74) is 2.15. The van der Waals surface area contributed by atoms with Crippen LogP contribution in [0.2, 0.25) is 0 Å². The average Bonchev–Trinajstić information content (AvgIpc) is 2.53. The van der Waals surface area contributed by atoms with E-state index in [1.165, 1.54) is 6.92 Å². The van der Waals surface area contributed by atoms with Crippen LogP contribution in [0.3, 0.4) is 0 Å². The Kier molecular flexibility index (Phi) is 5.36. The summed E-state index contributed by atoms with van der Waals surface area (Å²) >= 11 is 0. The molecular formula is C18H19NO4. The fraction of sp³-hybridized carbons (Fsp3) is 0.222. The zero-order valence-corrected chi connectivity index (χ0v) is 13.4. The Balaban J connectivity index is 1.99. The summed E-state index contributed by atoms with van der Waals surface area (Å²) in [6.45, 7) is 3.26. The van der Waals surface area contributed by atoms with Crippen LogP contribution in [-0.4, -0.2) is 25.4 Å². The van der Waals surface area contributed by atoms with Crippen molar-refractivity contribution in [1.29, 1.82) is 0 Å². The molecule has 0 saturated heterocycles. The fourth-order valence-corrected chi connectivity index (χ4v) is 2.06. The number of carbonyl (C=O) groups excluding carboxylic acids is 2. The third kappa shape index (κ3) is 4.57. The number of anilines is 1. The molecule has 0 unspecified atom stereocenters. The van der Waals surface area contributed by atoms with Crippen molar-refractivity contribution in [3.63, 3.8) is 0 Å². The first-order chi connectivity index (χ1) is 11.0. The second-order valence-corrected chi connectivity index (χ2v) is 5.12. The minimum absolute atomic E-state index is 0.0515. The van der Waals surface area contributed by atoms with E-state index in [4.69, 9.17) is 9.47 Å². The van der Waals surface area contributed by atoms with Crippen LogP contribution < -0.4 is 14.8 Å². The number of ether oxygens (including phenoxy) is 2. The lowest BCUT2D eigenvalue weighted by Crippen LogP contribution is -2.20. The van der Waals surface area contributed by atoms with Crippen LogP contribution in [0, 0.1) is 6.92 Å². The van der Waals surface area contributed by atoms with Crippen molar-refractivity contribution in [2.45, 2.75) is 13.8 Å². The molecule has 23 heavy (non-hydrogen) atoms. The lowest BCUT2D eigenvalue weighted by molar-refractivity contribution is -0.118. The Bertz CT molecular complexity index is 725. The maximum Gasteiger partial charge on any atom is 0.262 e. The van der Waals surface area contributed by atoms with Gasteiger partial charge in [0.15, 0.2) is 12.4 Å². The standard InChI is InChI=1S/C18H19NO4/c1-12-7-8-17(22-3)16(9-12)19-18(21)11-23-15-6-4-5-14(10-15)13(2)20/h4-10H,11H2,1-3H3,(H,19,21). The zero-order valence-electron chi connectivity index (χ0n) is 13.4. The van der Waals surface area contributed by atoms with E-state index < -0.39 is 0 Å². The Hall–Kier alpha value is -2.82. The Morgan fingerprint density at radius 3 is 2.61 bits per heavy atom. The topological polar surface area (TPSA) is 64.6 Å². The molecule has 0 aliphatic rings. The highest BCUT2D eigenvalue weighted by molar-refractivity contribution is 5.95. The number of rotatable bonds is 6. The predicted molar refractivity (Wildman–Crippen MR) is 88.3 cm³/mol. The molecule has 0 bridgehead atoms. The molecule has 0 atom stereocenters. The molecule has 0 radical (unpaired) electrons. The molecule has 2 aromatic carbocycles. The Morgan fingerprint density at radius 2 is 1.91 bits per heavy atom. The molecule has 0 fully saturated rings. The number of aryl methyl sites for hydroxylation is 1. The van der Waals surface area contributed by atoms with Crippen LogP contribution >= 0.6 is 0 Å². The largest absolute Gasteiger partial charge is 0.495 e. The van der Waals surface area contributed by atoms with Gasteiger partial charge in [0.05, 0.1) is 12.8 Å². The van der Waals surface area contributed by atoms with E-state index in [-0.39, 0.29) is 18.3 Å². The Morgan fingerprint density at radius 1 is 1.13 bits per heavy atom. The van der Waals surface area contributed by atoms with Crippen molar-refractivity contribution < 1.29 is 19.1 Å². The number of benzene rings is 2. The van der Waals surface area contributed by atoms with E-state index in [9.17, 15) is 9.59 Å². The highest BCUT2D eigenvalue weighted by atomic mass is 16.5. The molecule has 0 spiro atoms. The van der Waals surface area contributed by atoms with Crippen molar-refractivity contribution in [2.75, 3.05) is 19.0 Å². The normalized spacial score (nSPS) is 10.0. The molecule has 0 saturated carbocycles. The molecule has 2 rings (SSSR count). The number of carbonyl (C=O) groups is 2. The van der Waals surface area contributed by atoms with E-state index >= 15 is 0 Å². The van der Waals surface area contributed by atoms with E-state index in [1.807, 2.05) is 19.1 Å². The minimum Gasteiger partial charge on any atom is -0.495 e. The van der Waals surface area contributed by atoms with Gasteiger partial charge in [-0.25, -0.2) is 0 Å². The third-order valence-electron chi connectivity index (χ3n) is 3.24. The number of methoxy groups -OCH3 is 1. The average molecular weight is 313 g/mol. The molecule has 5 heteroatoms. The van der Waals surface area contributed by atoms with Crippen LogP contribution in [0.5, 0.6) is 11.5 Å². The predicted octanol–water partition coefficient (Wildman–Crippen LogP) is 3.22. The third-order valence-corrected chi connectivity index (χ3v) is 3.24. The number of amides is 1. The van der Waals surface area contributed by atoms with Gasteiger partial charge in [0, 0.05) is 5.56 Å². The first-order valence-electron chi connectivity index (χ1n) is 7.18. The summed E-state index contributed by atoms with van der Waals surface area (Å²) in [6.07, 6.45) is 0. The number of nitrogens with one attached hydrogen (secondary N) is 1. The number of Topliss-reactive ketones (excluding diaryl/α,β-unsaturated/α-hetero) is 1. The maximum atomic E-state index is 12.0. The maximum absolute atomic E-state index is 12.0. The summed E-state index contributed by atoms with van der Waals surface area (Å²) in [5.74, 6) is 0.707. The van der Waals surface area contributed by atoms with Gasteiger partial charge >= 0.3 is 0 Å². The SMILES string of the molecule is COc1ccc(C)cc1NC(=O)COc1cccc(C(C)=O)c1. The van der Waals surface area contributed by atoms with Gasteiger partial charge in [0.1, 0.15) is 11.5 Å². The summed E-state index contributed by atoms with van der Waals surface area (Å²) < 4.78 is 10.6. The quantitative estimate of drug-likeness (QED) is 0.832. The van der Waals surface area contributed by atoms with E-state index in [0.717, 1.165) is 5.56 Å². The van der Waals surface area contributed by atoms with Gasteiger partial charge in [-0.2, -0.15) is 0 Å². The Labute approximate surface area is 135 Å². The van der Waals surface area contributed by atoms with E-state index in [1.54, 1.807) is 37.4 Å². The molecule has 1 amide bonds. The van der Waals surface area contributed by atoms with Gasteiger partial charge in [0.2, 0.25) is 0 Å². The number of hydrogen-bond donors (Lipinski definition) is 1. The van der Waals surface area contributed by atoms with Crippen LogP contribution in [0.1, 0.15) is 22.8 Å². The molecule has 0 aliphatic carbocycles. The van der Waals surface area contributed by atoms with Crippen molar-refractivity contribution in [2.24, 2.45) is 0 Å². The van der Waals surface area contributed by atoms with E-state index in [2.05, 4.69) is 5.32 Å². The first-order valence-corrected chi connectivity index (χ1v) is 7.18. The summed E-state index contributed by atoms with van der Waals surface area (Å²) in [7, 11) is 1.55. The number of hydrogen-bond acceptors (Lipinski definition) is 4. The molecule has 0 heterocycles. The first kappa shape index (κ1) is 16.5. The summed E-state index contributed by atoms with van der Waals surface area (Å²) in [6, 6.07) is 12.3. The summed E-state index contributed by atoms with van der Waals surface area (Å²) in [4.78, 5) is 23.4. The second kappa shape index (κ2) is 7.45. The molecule has 0 aromatic heterocycles. The van der Waals surface area contributed by atoms with E-state index in [0.29, 0.717) is 22.7 Å². The number of ketones is 1. The zero-order chi connectivity index (χ0) is 16.8. The van der Waals surface area contributed by atoms with Crippen molar-refractivity contribution >= 4 is 17.4 Å². The van der Waals surface area contributed by atoms with Crippen molar-refractivity contribution in [3.05, 3.63) is 53.6 Å². The van der Waals surface area contributed by atoms with Crippen molar-refractivity contribution in [3.8, 4) is 11.5 Å². The van der Waals surface area contributed by atoms with Gasteiger partial charge in [-0.15, -0.1) is 0 Å². The molecule has 2 aromatic rings. The van der Waals surface area contributed by atoms with Crippen LogP contribution in [0.4, 0.5) is 5.69 Å². The lowest BCUT2D eigenvalue weighted by Gasteiger charge is -2.12. The van der Waals surface area contributed by atoms with Crippen LogP contribution in [0.15, 0.2) is 42.5 Å². The van der Waals surface area contributed by atoms with Gasteiger partial charge in [-0.1, -0.05) is 18.2 Å². The molecule has 1 N–H and O–H groups in total. The minimum atomic E-state index is -0.304. The molecule has 0 aliphatic heterocycles. The van der Waals surface area contributed by atoms with Gasteiger partial charge < -0.3 is 14.8 Å². The highest BCUT2D eigenvalue weighted by Crippen LogP contribution is 2.25. The lowest BCUT2D eigenvalue weighted by atomic mass is 10.1. The van der Waals surface area contributed by atoms with Crippen LogP contribution in [0.25, 0.3) is 0 Å². The monoisotopic (exact) mass is 313 g/mol. The second-order valence-electron chi connectivity index (χ2n) is 5.12. The smallest absolute Gasteiger partial charge is 0.262 e. The van der Waals surface area contributed by atoms with Gasteiger partial charge in [-0.05, 0) is 43.7 Å². The van der Waals surface area contributed by atoms with Crippen molar-refractivity contribution in [1.82, 2.24) is 0 Å². The molecule has 120 valence electrons. The fourth-order valence-electron chi connectivity index (χ4n) is 2.06. The summed E-state index contributed by atoms with van der Waals surface area (Å²) in [5, 5.41) is 2.75. The molecule has 5 nitrogen and oxygen atoms in total. The van der Waals surface area contributed by atoms with Gasteiger partial charge in [-0.3, -0.25) is 9.59 Å². The molecular weight excluding hydrogens is 294 g/mol.